The third-order valence-electron chi connectivity index (χ3n) is 5.87. The first kappa shape index (κ1) is 18.9. The second-order valence-corrected chi connectivity index (χ2v) is 8.02. The number of rotatable bonds is 3. The molecular weight excluding hydrogens is 352 g/mol. The van der Waals surface area contributed by atoms with Crippen LogP contribution in [0.3, 0.4) is 0 Å². The van der Waals surface area contributed by atoms with Gasteiger partial charge in [-0.3, -0.25) is 9.69 Å². The maximum absolute atomic E-state index is 12.0. The molecule has 1 aromatic carbocycles. The highest BCUT2D eigenvalue weighted by Gasteiger charge is 2.29. The maximum Gasteiger partial charge on any atom is 0.220 e. The molecule has 28 heavy (non-hydrogen) atoms. The van der Waals surface area contributed by atoms with Gasteiger partial charge in [0.15, 0.2) is 5.82 Å². The predicted molar refractivity (Wildman–Crippen MR) is 107 cm³/mol. The lowest BCUT2D eigenvalue weighted by Gasteiger charge is -2.35. The molecule has 0 unspecified atom stereocenters. The Hall–Kier alpha value is -2.47. The molecule has 1 atom stereocenters. The van der Waals surface area contributed by atoms with Crippen LogP contribution in [0.5, 0.6) is 5.75 Å². The molecule has 1 N–H and O–H groups in total. The van der Waals surface area contributed by atoms with E-state index in [2.05, 4.69) is 9.88 Å². The predicted octanol–water partition coefficient (Wildman–Crippen LogP) is 3.12. The summed E-state index contributed by atoms with van der Waals surface area (Å²) in [5.74, 6) is 1.25. The van der Waals surface area contributed by atoms with Crippen LogP contribution in [0.2, 0.25) is 0 Å². The van der Waals surface area contributed by atoms with E-state index >= 15 is 0 Å². The largest absolute Gasteiger partial charge is 0.508 e. The molecule has 0 radical (unpaired) electrons. The molecule has 3 heterocycles. The van der Waals surface area contributed by atoms with E-state index in [1.54, 1.807) is 13.0 Å². The number of aryl methyl sites for hydroxylation is 1. The van der Waals surface area contributed by atoms with Gasteiger partial charge >= 0.3 is 0 Å². The average Bonchev–Trinajstić information content (AvgIpc) is 2.70. The monoisotopic (exact) mass is 380 g/mol. The topological polar surface area (TPSA) is 69.6 Å². The molecule has 1 amide bonds. The number of phenols is 1. The van der Waals surface area contributed by atoms with Crippen LogP contribution in [0.4, 0.5) is 0 Å². The van der Waals surface area contributed by atoms with E-state index in [0.29, 0.717) is 5.75 Å². The van der Waals surface area contributed by atoms with Crippen molar-refractivity contribution in [2.45, 2.75) is 58.7 Å². The number of phenolic OH excluding ortho intramolecular Hbond substituents is 1. The van der Waals surface area contributed by atoms with E-state index in [1.165, 1.54) is 0 Å². The van der Waals surface area contributed by atoms with Gasteiger partial charge in [-0.05, 0) is 32.3 Å². The fourth-order valence-electron chi connectivity index (χ4n) is 4.34. The molecule has 4 rings (SSSR count). The number of nitrogens with zero attached hydrogens (tertiary/aromatic N) is 4. The van der Waals surface area contributed by atoms with Crippen LogP contribution in [-0.4, -0.2) is 43.9 Å². The Kier molecular flexibility index (Phi) is 5.31. The number of carbonyl (C=O) groups is 1. The van der Waals surface area contributed by atoms with Crippen molar-refractivity contribution in [2.24, 2.45) is 0 Å². The Labute approximate surface area is 166 Å². The Morgan fingerprint density at radius 3 is 2.96 bits per heavy atom. The number of carbonyl (C=O) groups excluding carboxylic acids is 1. The van der Waals surface area contributed by atoms with Crippen molar-refractivity contribution in [3.05, 3.63) is 52.6 Å². The molecule has 6 heteroatoms. The highest BCUT2D eigenvalue weighted by molar-refractivity contribution is 5.73. The standard InChI is InChI=1S/C22H28N4O2/c1-15-6-7-21(28)17(11-15)13-25-10-8-19-18(14-25)12-23-22(24-19)20-5-3-4-9-26(20)16(2)27/h6-7,11-12,20,28H,3-5,8-10,13-14H2,1-2H3/t20-/m0/s1. The number of hydrogen-bond acceptors (Lipinski definition) is 5. The second kappa shape index (κ2) is 7.87. The van der Waals surface area contributed by atoms with E-state index in [4.69, 9.17) is 4.98 Å². The molecule has 6 nitrogen and oxygen atoms in total. The number of fused-ring (bicyclic) bond motifs is 1. The minimum absolute atomic E-state index is 0.0128. The van der Waals surface area contributed by atoms with Crippen molar-refractivity contribution < 1.29 is 9.90 Å². The molecule has 0 saturated carbocycles. The van der Waals surface area contributed by atoms with Crippen LogP contribution in [0.25, 0.3) is 0 Å². The molecule has 1 saturated heterocycles. The van der Waals surface area contributed by atoms with Crippen molar-refractivity contribution in [1.29, 1.82) is 0 Å². The van der Waals surface area contributed by atoms with E-state index < -0.39 is 0 Å². The number of hydrogen-bond donors (Lipinski definition) is 1. The minimum atomic E-state index is 0.0128. The van der Waals surface area contributed by atoms with Gasteiger partial charge in [-0.1, -0.05) is 17.7 Å². The molecule has 0 bridgehead atoms. The first-order chi connectivity index (χ1) is 13.5. The lowest BCUT2D eigenvalue weighted by molar-refractivity contribution is -0.132. The van der Waals surface area contributed by atoms with Gasteiger partial charge in [0.25, 0.3) is 0 Å². The molecule has 2 aromatic rings. The normalized spacial score (nSPS) is 20.1. The second-order valence-electron chi connectivity index (χ2n) is 8.02. The summed E-state index contributed by atoms with van der Waals surface area (Å²) in [6, 6.07) is 5.75. The summed E-state index contributed by atoms with van der Waals surface area (Å²) < 4.78 is 0. The minimum Gasteiger partial charge on any atom is -0.508 e. The number of benzene rings is 1. The number of likely N-dealkylation sites (tertiary alicyclic amines) is 1. The molecule has 0 aliphatic carbocycles. The van der Waals surface area contributed by atoms with Gasteiger partial charge < -0.3 is 10.0 Å². The molecule has 1 fully saturated rings. The van der Waals surface area contributed by atoms with Crippen molar-refractivity contribution in [2.75, 3.05) is 13.1 Å². The SMILES string of the molecule is CC(=O)N1CCCC[C@H]1c1ncc2c(n1)CCN(Cc1cc(C)ccc1O)C2. The van der Waals surface area contributed by atoms with Gasteiger partial charge in [-0.25, -0.2) is 9.97 Å². The summed E-state index contributed by atoms with van der Waals surface area (Å²) in [7, 11) is 0. The number of piperidine rings is 1. The molecule has 2 aliphatic heterocycles. The van der Waals surface area contributed by atoms with Crippen molar-refractivity contribution in [3.63, 3.8) is 0 Å². The summed E-state index contributed by atoms with van der Waals surface area (Å²) in [6.07, 6.45) is 5.92. The average molecular weight is 380 g/mol. The van der Waals surface area contributed by atoms with Crippen LogP contribution in [0.15, 0.2) is 24.4 Å². The Morgan fingerprint density at radius 1 is 1.29 bits per heavy atom. The third kappa shape index (κ3) is 3.87. The summed E-state index contributed by atoms with van der Waals surface area (Å²) in [5, 5.41) is 10.1. The molecular formula is C22H28N4O2. The molecule has 0 spiro atoms. The van der Waals surface area contributed by atoms with E-state index in [0.717, 1.165) is 80.1 Å². The lowest BCUT2D eigenvalue weighted by Crippen LogP contribution is -2.38. The van der Waals surface area contributed by atoms with Crippen molar-refractivity contribution in [3.8, 4) is 5.75 Å². The Bertz CT molecular complexity index is 883. The van der Waals surface area contributed by atoms with Gasteiger partial charge in [-0.15, -0.1) is 0 Å². The Morgan fingerprint density at radius 2 is 2.14 bits per heavy atom. The van der Waals surface area contributed by atoms with E-state index in [9.17, 15) is 9.90 Å². The first-order valence-corrected chi connectivity index (χ1v) is 10.1. The van der Waals surface area contributed by atoms with Gasteiger partial charge in [-0.2, -0.15) is 0 Å². The van der Waals surface area contributed by atoms with Gasteiger partial charge in [0.05, 0.1) is 6.04 Å². The molecule has 2 aliphatic rings. The third-order valence-corrected chi connectivity index (χ3v) is 5.87. The first-order valence-electron chi connectivity index (χ1n) is 10.1. The highest BCUT2D eigenvalue weighted by Crippen LogP contribution is 2.30. The van der Waals surface area contributed by atoms with Gasteiger partial charge in [0, 0.05) is 62.5 Å². The van der Waals surface area contributed by atoms with Crippen molar-refractivity contribution >= 4 is 5.91 Å². The van der Waals surface area contributed by atoms with Crippen molar-refractivity contribution in [1.82, 2.24) is 19.8 Å². The van der Waals surface area contributed by atoms with Crippen LogP contribution in [0, 0.1) is 6.92 Å². The Balaban J connectivity index is 1.50. The number of amides is 1. The molecule has 1 aromatic heterocycles. The summed E-state index contributed by atoms with van der Waals surface area (Å²) in [5.41, 5.74) is 4.36. The van der Waals surface area contributed by atoms with Crippen LogP contribution >= 0.6 is 0 Å². The molecule has 148 valence electrons. The maximum atomic E-state index is 12.0. The summed E-state index contributed by atoms with van der Waals surface area (Å²) in [6.45, 7) is 6.88. The zero-order valence-corrected chi connectivity index (χ0v) is 16.7. The van der Waals surface area contributed by atoms with Gasteiger partial charge in [0.2, 0.25) is 5.91 Å². The zero-order chi connectivity index (χ0) is 19.7. The number of aromatic nitrogens is 2. The quantitative estimate of drug-likeness (QED) is 0.886. The highest BCUT2D eigenvalue weighted by atomic mass is 16.3. The summed E-state index contributed by atoms with van der Waals surface area (Å²) >= 11 is 0. The van der Waals surface area contributed by atoms with Crippen LogP contribution in [-0.2, 0) is 24.3 Å². The lowest BCUT2D eigenvalue weighted by atomic mass is 10.00. The van der Waals surface area contributed by atoms with E-state index in [-0.39, 0.29) is 11.9 Å². The fraction of sp³-hybridized carbons (Fsp3) is 0.500. The number of aromatic hydroxyl groups is 1. The fourth-order valence-corrected chi connectivity index (χ4v) is 4.34. The zero-order valence-electron chi connectivity index (χ0n) is 16.7. The summed E-state index contributed by atoms with van der Waals surface area (Å²) in [4.78, 5) is 25.7. The van der Waals surface area contributed by atoms with Gasteiger partial charge in [0.1, 0.15) is 5.75 Å². The van der Waals surface area contributed by atoms with E-state index in [1.807, 2.05) is 30.2 Å². The smallest absolute Gasteiger partial charge is 0.220 e. The van der Waals surface area contributed by atoms with Crippen LogP contribution in [0.1, 0.15) is 60.4 Å². The van der Waals surface area contributed by atoms with Crippen LogP contribution < -0.4 is 0 Å².